The molecule has 106 valence electrons. The van der Waals surface area contributed by atoms with Crippen LogP contribution in [0.1, 0.15) is 5.69 Å². The molecule has 2 aromatic rings. The van der Waals surface area contributed by atoms with Gasteiger partial charge in [-0.05, 0) is 19.1 Å². The number of hydrogen-bond donors (Lipinski definition) is 1. The maximum Gasteiger partial charge on any atom is 0.186 e. The molecule has 0 aliphatic heterocycles. The van der Waals surface area contributed by atoms with Gasteiger partial charge < -0.3 is 15.2 Å². The number of hydrogen-bond acceptors (Lipinski definition) is 5. The molecule has 2 rings (SSSR count). The van der Waals surface area contributed by atoms with Gasteiger partial charge in [0.25, 0.3) is 0 Å². The van der Waals surface area contributed by atoms with Crippen molar-refractivity contribution in [2.24, 2.45) is 0 Å². The molecule has 2 N–H and O–H groups in total. The predicted octanol–water partition coefficient (Wildman–Crippen LogP) is 2.84. The smallest absolute Gasteiger partial charge is 0.186 e. The lowest BCUT2D eigenvalue weighted by molar-refractivity contribution is 0.355. The molecule has 20 heavy (non-hydrogen) atoms. The van der Waals surface area contributed by atoms with E-state index >= 15 is 0 Å². The van der Waals surface area contributed by atoms with Crippen molar-refractivity contribution < 1.29 is 13.9 Å². The van der Waals surface area contributed by atoms with E-state index in [0.717, 1.165) is 0 Å². The molecule has 1 aromatic carbocycles. The van der Waals surface area contributed by atoms with E-state index in [0.29, 0.717) is 17.1 Å². The summed E-state index contributed by atoms with van der Waals surface area (Å²) in [5.41, 5.74) is 6.15. The maximum atomic E-state index is 13.5. The monoisotopic (exact) mass is 297 g/mol. The first-order valence-corrected chi connectivity index (χ1v) is 6.07. The number of halogens is 2. The Morgan fingerprint density at radius 3 is 2.45 bits per heavy atom. The fourth-order valence-electron chi connectivity index (χ4n) is 1.76. The highest BCUT2D eigenvalue weighted by Gasteiger charge is 2.18. The van der Waals surface area contributed by atoms with Gasteiger partial charge in [-0.25, -0.2) is 14.4 Å². The fourth-order valence-corrected chi connectivity index (χ4v) is 2.08. The number of anilines is 1. The molecule has 0 unspecified atom stereocenters. The Hall–Kier alpha value is -2.08. The summed E-state index contributed by atoms with van der Waals surface area (Å²) in [6.45, 7) is 1.51. The zero-order valence-corrected chi connectivity index (χ0v) is 12.0. The molecule has 7 heteroatoms. The van der Waals surface area contributed by atoms with Crippen LogP contribution in [0.15, 0.2) is 12.1 Å². The Kier molecular flexibility index (Phi) is 3.94. The van der Waals surface area contributed by atoms with Crippen LogP contribution >= 0.6 is 11.6 Å². The van der Waals surface area contributed by atoms with Gasteiger partial charge in [0, 0.05) is 5.56 Å². The number of nitrogens with zero attached hydrogens (tertiary/aromatic N) is 2. The number of benzene rings is 1. The van der Waals surface area contributed by atoms with E-state index in [4.69, 9.17) is 26.8 Å². The van der Waals surface area contributed by atoms with Gasteiger partial charge in [0.05, 0.1) is 24.9 Å². The number of nitrogens with two attached hydrogens (primary N) is 1. The lowest BCUT2D eigenvalue weighted by atomic mass is 10.1. The molecule has 1 heterocycles. The summed E-state index contributed by atoms with van der Waals surface area (Å²) in [4.78, 5) is 7.95. The molecule has 0 saturated carbocycles. The average Bonchev–Trinajstić information content (AvgIpc) is 2.43. The Labute approximate surface area is 120 Å². The minimum atomic E-state index is -0.634. The van der Waals surface area contributed by atoms with E-state index in [1.54, 1.807) is 12.1 Å². The Morgan fingerprint density at radius 2 is 1.90 bits per heavy atom. The summed E-state index contributed by atoms with van der Waals surface area (Å²) in [7, 11) is 2.98. The molecule has 0 aliphatic carbocycles. The molecule has 5 nitrogen and oxygen atoms in total. The van der Waals surface area contributed by atoms with E-state index in [2.05, 4.69) is 9.97 Å². The summed E-state index contributed by atoms with van der Waals surface area (Å²) in [6.07, 6.45) is 0. The standard InChI is InChI=1S/C13H13ClFN3O2/c1-6-10(15)12(16)18-13(17-6)7-4-5-8(19-2)11(20-3)9(7)14/h4-5H,1-3H3,(H2,16,17,18). The number of methoxy groups -OCH3 is 2. The highest BCUT2D eigenvalue weighted by molar-refractivity contribution is 6.35. The van der Waals surface area contributed by atoms with Crippen LogP contribution < -0.4 is 15.2 Å². The first-order valence-electron chi connectivity index (χ1n) is 5.70. The van der Waals surface area contributed by atoms with Crippen molar-refractivity contribution >= 4 is 17.4 Å². The molecule has 0 amide bonds. The van der Waals surface area contributed by atoms with E-state index in [1.807, 2.05) is 0 Å². The van der Waals surface area contributed by atoms with Crippen LogP contribution in [-0.2, 0) is 0 Å². The van der Waals surface area contributed by atoms with E-state index in [9.17, 15) is 4.39 Å². The van der Waals surface area contributed by atoms with Crippen molar-refractivity contribution in [2.75, 3.05) is 20.0 Å². The number of ether oxygens (including phenoxy) is 2. The van der Waals surface area contributed by atoms with Gasteiger partial charge in [0.2, 0.25) is 0 Å². The second-order valence-corrected chi connectivity index (χ2v) is 4.37. The fraction of sp³-hybridized carbons (Fsp3) is 0.231. The average molecular weight is 298 g/mol. The molecule has 0 aliphatic rings. The van der Waals surface area contributed by atoms with Crippen LogP contribution in [-0.4, -0.2) is 24.2 Å². The van der Waals surface area contributed by atoms with Gasteiger partial charge in [-0.2, -0.15) is 0 Å². The van der Waals surface area contributed by atoms with Crippen LogP contribution in [0, 0.1) is 12.7 Å². The Balaban J connectivity index is 2.65. The van der Waals surface area contributed by atoms with E-state index in [-0.39, 0.29) is 22.4 Å². The van der Waals surface area contributed by atoms with Crippen LogP contribution in [0.2, 0.25) is 5.02 Å². The third kappa shape index (κ3) is 2.34. The Bertz CT molecular complexity index is 641. The lowest BCUT2D eigenvalue weighted by Gasteiger charge is -2.12. The van der Waals surface area contributed by atoms with E-state index < -0.39 is 5.82 Å². The van der Waals surface area contributed by atoms with Gasteiger partial charge >= 0.3 is 0 Å². The van der Waals surface area contributed by atoms with E-state index in [1.165, 1.54) is 21.1 Å². The molecular weight excluding hydrogens is 285 g/mol. The maximum absolute atomic E-state index is 13.5. The van der Waals surface area contributed by atoms with Crippen molar-refractivity contribution in [2.45, 2.75) is 6.92 Å². The number of aromatic nitrogens is 2. The van der Waals surface area contributed by atoms with Crippen molar-refractivity contribution in [3.8, 4) is 22.9 Å². The lowest BCUT2D eigenvalue weighted by Crippen LogP contribution is -2.03. The SMILES string of the molecule is COc1ccc(-c2nc(C)c(F)c(N)n2)c(Cl)c1OC. The molecule has 0 fully saturated rings. The van der Waals surface area contributed by atoms with Crippen LogP contribution in [0.5, 0.6) is 11.5 Å². The molecule has 0 atom stereocenters. The van der Waals surface area contributed by atoms with Crippen LogP contribution in [0.25, 0.3) is 11.4 Å². The van der Waals surface area contributed by atoms with Crippen molar-refractivity contribution in [1.82, 2.24) is 9.97 Å². The number of rotatable bonds is 3. The highest BCUT2D eigenvalue weighted by Crippen LogP contribution is 2.40. The molecule has 0 radical (unpaired) electrons. The zero-order chi connectivity index (χ0) is 14.9. The second-order valence-electron chi connectivity index (χ2n) is 3.99. The minimum absolute atomic E-state index is 0.151. The topological polar surface area (TPSA) is 70.3 Å². The van der Waals surface area contributed by atoms with Gasteiger partial charge in [0.15, 0.2) is 29.0 Å². The molecule has 1 aromatic heterocycles. The minimum Gasteiger partial charge on any atom is -0.493 e. The Morgan fingerprint density at radius 1 is 1.20 bits per heavy atom. The summed E-state index contributed by atoms with van der Waals surface area (Å²) in [6, 6.07) is 3.33. The second kappa shape index (κ2) is 5.50. The molecule has 0 bridgehead atoms. The number of nitrogen functional groups attached to an aromatic ring is 1. The first-order chi connectivity index (χ1) is 9.49. The summed E-state index contributed by atoms with van der Waals surface area (Å²) in [5, 5.41) is 0.275. The van der Waals surface area contributed by atoms with Crippen molar-refractivity contribution in [3.63, 3.8) is 0 Å². The summed E-state index contributed by atoms with van der Waals surface area (Å²) < 4.78 is 23.8. The summed E-state index contributed by atoms with van der Waals surface area (Å²) >= 11 is 6.25. The molecule has 0 saturated heterocycles. The largest absolute Gasteiger partial charge is 0.493 e. The quantitative estimate of drug-likeness (QED) is 0.943. The first kappa shape index (κ1) is 14.3. The van der Waals surface area contributed by atoms with Gasteiger partial charge in [0.1, 0.15) is 0 Å². The zero-order valence-electron chi connectivity index (χ0n) is 11.2. The van der Waals surface area contributed by atoms with Gasteiger partial charge in [-0.15, -0.1) is 0 Å². The normalized spacial score (nSPS) is 10.4. The summed E-state index contributed by atoms with van der Waals surface area (Å²) in [5.74, 6) is 0.208. The van der Waals surface area contributed by atoms with Gasteiger partial charge in [-0.3, -0.25) is 0 Å². The highest BCUT2D eigenvalue weighted by atomic mass is 35.5. The third-order valence-electron chi connectivity index (χ3n) is 2.77. The molecule has 0 spiro atoms. The number of aryl methyl sites for hydroxylation is 1. The van der Waals surface area contributed by atoms with Gasteiger partial charge in [-0.1, -0.05) is 11.6 Å². The van der Waals surface area contributed by atoms with Crippen molar-refractivity contribution in [3.05, 3.63) is 28.7 Å². The molecular formula is C13H13ClFN3O2. The van der Waals surface area contributed by atoms with Crippen LogP contribution in [0.4, 0.5) is 10.2 Å². The van der Waals surface area contributed by atoms with Crippen molar-refractivity contribution in [1.29, 1.82) is 0 Å². The third-order valence-corrected chi connectivity index (χ3v) is 3.14. The predicted molar refractivity (Wildman–Crippen MR) is 74.7 cm³/mol. The van der Waals surface area contributed by atoms with Crippen LogP contribution in [0.3, 0.4) is 0 Å².